The van der Waals surface area contributed by atoms with E-state index in [1.807, 2.05) is 30.6 Å². The molecule has 7 N–H and O–H groups in total. The highest BCUT2D eigenvalue weighted by atomic mass is 32.1. The smallest absolute Gasteiger partial charge is 0.291 e. The van der Waals surface area contributed by atoms with Crippen molar-refractivity contribution in [2.24, 2.45) is 16.5 Å². The Morgan fingerprint density at radius 3 is 2.35 bits per heavy atom. The summed E-state index contributed by atoms with van der Waals surface area (Å²) < 4.78 is 24.6. The molecule has 2 aromatic heterocycles. The summed E-state index contributed by atoms with van der Waals surface area (Å²) in [6.45, 7) is 4.62. The van der Waals surface area contributed by atoms with E-state index in [9.17, 15) is 14.4 Å². The van der Waals surface area contributed by atoms with E-state index in [1.165, 1.54) is 56.1 Å². The number of benzene rings is 2. The lowest BCUT2D eigenvalue weighted by atomic mass is 10.1. The molecule has 14 nitrogen and oxygen atoms in total. The molecule has 256 valence electrons. The molecule has 0 radical (unpaired) electrons. The lowest BCUT2D eigenvalue weighted by Crippen LogP contribution is -2.19. The number of allylic oxidation sites excluding steroid dienone is 1. The lowest BCUT2D eigenvalue weighted by molar-refractivity contribution is -0.110. The van der Waals surface area contributed by atoms with E-state index >= 15 is 0 Å². The average Bonchev–Trinajstić information content (AvgIpc) is 3.62. The molecule has 4 rings (SSSR count). The quantitative estimate of drug-likeness (QED) is 0.0759. The first-order chi connectivity index (χ1) is 23.0. The molecule has 2 aromatic carbocycles. The summed E-state index contributed by atoms with van der Waals surface area (Å²) in [4.78, 5) is 47.3. The molecule has 0 unspecified atom stereocenters. The number of nitrogens with two attached hydrogens (primary N) is 3. The molecule has 0 aliphatic heterocycles. The Morgan fingerprint density at radius 1 is 1.02 bits per heavy atom. The lowest BCUT2D eigenvalue weighted by Gasteiger charge is -2.15. The molecule has 0 fully saturated rings. The number of rotatable bonds is 16. The van der Waals surface area contributed by atoms with Crippen molar-refractivity contribution in [3.05, 3.63) is 67.9 Å². The van der Waals surface area contributed by atoms with E-state index in [0.717, 1.165) is 5.01 Å². The van der Waals surface area contributed by atoms with E-state index in [-0.39, 0.29) is 24.3 Å². The molecule has 3 amide bonds. The van der Waals surface area contributed by atoms with Crippen molar-refractivity contribution in [1.82, 2.24) is 9.55 Å². The first kappa shape index (κ1) is 36.1. The number of hydrogen-bond donors (Lipinski definition) is 4. The number of nitrogens with zero attached hydrogens (tertiary/aromatic N) is 3. The van der Waals surface area contributed by atoms with Crippen LogP contribution in [-0.2, 0) is 22.4 Å². The number of amides is 3. The van der Waals surface area contributed by atoms with Gasteiger partial charge in [0.25, 0.3) is 5.91 Å². The van der Waals surface area contributed by atoms with Gasteiger partial charge < -0.3 is 46.0 Å². The number of nitrogens with one attached hydrogen (secondary N) is 1. The van der Waals surface area contributed by atoms with Crippen molar-refractivity contribution in [2.45, 2.75) is 39.5 Å². The van der Waals surface area contributed by atoms with E-state index in [4.69, 9.17) is 36.1 Å². The maximum Gasteiger partial charge on any atom is 0.291 e. The third-order valence-electron chi connectivity index (χ3n) is 7.18. The SMILES string of the molecule is CCc1nc(C)sc1C(=O)N=c1sc2cc(C(N)=O)cc(OCCC(OC)OC)c2n1C/C=C/CNc1c(N)cc(C(N)=O)cc1OC. The summed E-state index contributed by atoms with van der Waals surface area (Å²) in [6.07, 6.45) is 4.27. The van der Waals surface area contributed by atoms with Crippen LogP contribution >= 0.6 is 22.7 Å². The van der Waals surface area contributed by atoms with Gasteiger partial charge in [-0.05, 0) is 37.6 Å². The number of nitrogen functional groups attached to an aromatic ring is 1. The molecular formula is C32H39N7O7S2. The first-order valence-corrected chi connectivity index (χ1v) is 16.5. The normalized spacial score (nSPS) is 11.9. The maximum atomic E-state index is 13.5. The largest absolute Gasteiger partial charge is 0.494 e. The fraction of sp³-hybridized carbons (Fsp3) is 0.344. The Morgan fingerprint density at radius 2 is 1.71 bits per heavy atom. The van der Waals surface area contributed by atoms with Crippen LogP contribution < -0.4 is 36.8 Å². The molecule has 2 heterocycles. The zero-order valence-corrected chi connectivity index (χ0v) is 29.0. The second kappa shape index (κ2) is 16.4. The summed E-state index contributed by atoms with van der Waals surface area (Å²) in [5, 5.41) is 3.98. The van der Waals surface area contributed by atoms with Crippen molar-refractivity contribution in [1.29, 1.82) is 0 Å². The van der Waals surface area contributed by atoms with E-state index in [0.29, 0.717) is 67.8 Å². The van der Waals surface area contributed by atoms with Crippen molar-refractivity contribution >= 4 is 62.0 Å². The number of hydrogen-bond acceptors (Lipinski definition) is 12. The average molecular weight is 698 g/mol. The molecule has 0 bridgehead atoms. The van der Waals surface area contributed by atoms with Crippen LogP contribution in [0.4, 0.5) is 11.4 Å². The number of aromatic nitrogens is 2. The number of fused-ring (bicyclic) bond motifs is 1. The fourth-order valence-corrected chi connectivity index (χ4v) is 6.83. The number of carbonyl (C=O) groups is 3. The number of anilines is 2. The van der Waals surface area contributed by atoms with Gasteiger partial charge >= 0.3 is 0 Å². The highest BCUT2D eigenvalue weighted by molar-refractivity contribution is 7.16. The minimum absolute atomic E-state index is 0.211. The number of thiazole rings is 2. The van der Waals surface area contributed by atoms with E-state index in [2.05, 4.69) is 15.3 Å². The van der Waals surface area contributed by atoms with Gasteiger partial charge in [0.15, 0.2) is 11.1 Å². The van der Waals surface area contributed by atoms with Gasteiger partial charge in [-0.25, -0.2) is 4.98 Å². The molecule has 16 heteroatoms. The number of primary amides is 2. The predicted molar refractivity (Wildman–Crippen MR) is 186 cm³/mol. The molecule has 0 aliphatic carbocycles. The van der Waals surface area contributed by atoms with Gasteiger partial charge in [-0.1, -0.05) is 30.4 Å². The summed E-state index contributed by atoms with van der Waals surface area (Å²) >= 11 is 2.53. The van der Waals surface area contributed by atoms with Crippen LogP contribution in [0.3, 0.4) is 0 Å². The van der Waals surface area contributed by atoms with Crippen molar-refractivity contribution in [3.63, 3.8) is 0 Å². The highest BCUT2D eigenvalue weighted by Gasteiger charge is 2.20. The summed E-state index contributed by atoms with van der Waals surface area (Å²) in [5.74, 6) is -0.896. The summed E-state index contributed by atoms with van der Waals surface area (Å²) in [6, 6.07) is 6.23. The Balaban J connectivity index is 1.74. The molecule has 0 aliphatic rings. The van der Waals surface area contributed by atoms with Crippen LogP contribution in [0.1, 0.15) is 54.4 Å². The van der Waals surface area contributed by atoms with E-state index in [1.54, 1.807) is 12.1 Å². The Hall–Kier alpha value is -4.77. The molecule has 0 saturated carbocycles. The zero-order chi connectivity index (χ0) is 35.0. The molecule has 0 spiro atoms. The van der Waals surface area contributed by atoms with E-state index < -0.39 is 24.0 Å². The predicted octanol–water partition coefficient (Wildman–Crippen LogP) is 3.62. The third-order valence-corrected chi connectivity index (χ3v) is 9.21. The molecule has 0 atom stereocenters. The van der Waals surface area contributed by atoms with Crippen LogP contribution in [0.2, 0.25) is 0 Å². The van der Waals surface area contributed by atoms with Gasteiger partial charge in [0, 0.05) is 44.9 Å². The monoisotopic (exact) mass is 697 g/mol. The zero-order valence-electron chi connectivity index (χ0n) is 27.3. The van der Waals surface area contributed by atoms with Crippen molar-refractivity contribution in [3.8, 4) is 11.5 Å². The number of ether oxygens (including phenoxy) is 4. The van der Waals surface area contributed by atoms with Gasteiger partial charge in [-0.3, -0.25) is 14.4 Å². The summed E-state index contributed by atoms with van der Waals surface area (Å²) in [5.41, 5.74) is 19.8. The number of carbonyl (C=O) groups excluding carboxylic acids is 3. The highest BCUT2D eigenvalue weighted by Crippen LogP contribution is 2.33. The van der Waals surface area contributed by atoms with Gasteiger partial charge in [-0.15, -0.1) is 11.3 Å². The van der Waals surface area contributed by atoms with Crippen LogP contribution in [0.5, 0.6) is 11.5 Å². The first-order valence-electron chi connectivity index (χ1n) is 14.9. The second-order valence-corrected chi connectivity index (χ2v) is 12.6. The van der Waals surface area contributed by atoms with Gasteiger partial charge in [0.05, 0.1) is 34.8 Å². The molecular weight excluding hydrogens is 659 g/mol. The standard InChI is InChI=1S/C32H39N7O7S2/c1-6-21-28(47-17(2)37-21)31(42)38-32-39(11-8-7-10-36-26-20(33)13-18(29(34)40)14-22(26)43-3)27-23(46-12-9-25(44-4)45-5)15-19(30(35)41)16-24(27)48-32/h7-8,13-16,25,36H,6,9-12,33H2,1-5H3,(H2,34,40)(H2,35,41)/b8-7+,38-32?. The Bertz CT molecular complexity index is 1910. The van der Waals surface area contributed by atoms with Crippen molar-refractivity contribution < 1.29 is 33.3 Å². The molecule has 0 saturated heterocycles. The van der Waals surface area contributed by atoms with Gasteiger partial charge in [0.1, 0.15) is 27.6 Å². The number of aryl methyl sites for hydroxylation is 2. The Labute approximate surface area is 285 Å². The maximum absolute atomic E-state index is 13.5. The summed E-state index contributed by atoms with van der Waals surface area (Å²) in [7, 11) is 4.54. The third kappa shape index (κ3) is 8.38. The number of methoxy groups -OCH3 is 3. The van der Waals surface area contributed by atoms with Crippen molar-refractivity contribution in [2.75, 3.05) is 45.5 Å². The minimum Gasteiger partial charge on any atom is -0.494 e. The second-order valence-electron chi connectivity index (χ2n) is 10.4. The van der Waals surface area contributed by atoms with Crippen LogP contribution in [0, 0.1) is 6.92 Å². The van der Waals surface area contributed by atoms with Gasteiger partial charge in [0.2, 0.25) is 11.8 Å². The Kier molecular flexibility index (Phi) is 12.3. The molecule has 4 aromatic rings. The van der Waals surface area contributed by atoms with Crippen LogP contribution in [0.25, 0.3) is 10.2 Å². The minimum atomic E-state index is -0.625. The van der Waals surface area contributed by atoms with Crippen LogP contribution in [0.15, 0.2) is 41.4 Å². The van der Waals surface area contributed by atoms with Gasteiger partial charge in [-0.2, -0.15) is 4.99 Å². The molecule has 48 heavy (non-hydrogen) atoms. The topological polar surface area (TPSA) is 208 Å². The fourth-order valence-electron chi connectivity index (χ4n) is 4.85. The van der Waals surface area contributed by atoms with Crippen LogP contribution in [-0.4, -0.2) is 68.0 Å².